The number of carbonyl (C=O) groups is 1. The SMILES string of the molecule is CCCCCCCCCCCCCCCCCCCCCCCCCCCCCCCCCC(=O)NC(COC1OC(CO)C(OC2OC(CO)C(O)C(O)C2O)C(O)C1O)C(O)CCCCCCCCCCCCCCCCCCCCCC. The van der Waals surface area contributed by atoms with Crippen LogP contribution in [0.25, 0.3) is 0 Å². The van der Waals surface area contributed by atoms with E-state index in [0.717, 1.165) is 51.4 Å². The van der Waals surface area contributed by atoms with Crippen molar-refractivity contribution in [1.29, 1.82) is 0 Å². The van der Waals surface area contributed by atoms with Crippen molar-refractivity contribution in [3.63, 3.8) is 0 Å². The third kappa shape index (κ3) is 41.2. The first-order valence-electron chi connectivity index (χ1n) is 36.8. The molecule has 2 aliphatic heterocycles. The first-order valence-corrected chi connectivity index (χ1v) is 36.8. The van der Waals surface area contributed by atoms with Gasteiger partial charge in [0.15, 0.2) is 12.6 Å². The summed E-state index contributed by atoms with van der Waals surface area (Å²) in [6.07, 6.45) is 51.3. The zero-order valence-electron chi connectivity index (χ0n) is 55.1. The number of amides is 1. The van der Waals surface area contributed by atoms with E-state index < -0.39 is 86.8 Å². The molecule has 2 heterocycles. The molecule has 0 bridgehead atoms. The number of unbranched alkanes of at least 4 members (excludes halogenated alkanes) is 49. The number of hydrogen-bond donors (Lipinski definition) is 9. The van der Waals surface area contributed by atoms with Crippen LogP contribution in [-0.2, 0) is 23.7 Å². The average molecular weight is 1210 g/mol. The van der Waals surface area contributed by atoms with Gasteiger partial charge in [-0.1, -0.05) is 335 Å². The lowest BCUT2D eigenvalue weighted by Crippen LogP contribution is -2.65. The van der Waals surface area contributed by atoms with Crippen molar-refractivity contribution in [2.45, 2.75) is 428 Å². The second-order valence-corrected chi connectivity index (χ2v) is 26.4. The summed E-state index contributed by atoms with van der Waals surface area (Å²) in [6.45, 7) is 2.93. The number of ether oxygens (including phenoxy) is 4. The third-order valence-corrected chi connectivity index (χ3v) is 18.6. The van der Waals surface area contributed by atoms with E-state index in [2.05, 4.69) is 19.2 Å². The molecule has 0 aromatic rings. The van der Waals surface area contributed by atoms with Crippen LogP contribution in [0.3, 0.4) is 0 Å². The predicted molar refractivity (Wildman–Crippen MR) is 346 cm³/mol. The Hall–Kier alpha value is -1.01. The number of hydrogen-bond acceptors (Lipinski definition) is 13. The highest BCUT2D eigenvalue weighted by atomic mass is 16.7. The van der Waals surface area contributed by atoms with Gasteiger partial charge in [-0.2, -0.15) is 0 Å². The molecular formula is C71H139NO13. The Kier molecular flexibility index (Phi) is 53.6. The van der Waals surface area contributed by atoms with Gasteiger partial charge < -0.3 is 65.1 Å². The molecule has 0 aromatic carbocycles. The van der Waals surface area contributed by atoms with E-state index in [1.807, 2.05) is 0 Å². The van der Waals surface area contributed by atoms with Crippen molar-refractivity contribution >= 4 is 5.91 Å². The zero-order chi connectivity index (χ0) is 61.6. The average Bonchev–Trinajstić information content (AvgIpc) is 3.68. The van der Waals surface area contributed by atoms with Crippen LogP contribution in [0.4, 0.5) is 0 Å². The molecule has 0 saturated carbocycles. The van der Waals surface area contributed by atoms with Crippen molar-refractivity contribution < 1.29 is 64.6 Å². The van der Waals surface area contributed by atoms with Crippen LogP contribution in [0.2, 0.25) is 0 Å². The highest BCUT2D eigenvalue weighted by molar-refractivity contribution is 5.76. The third-order valence-electron chi connectivity index (χ3n) is 18.6. The minimum atomic E-state index is -1.78. The molecule has 0 spiro atoms. The van der Waals surface area contributed by atoms with Crippen LogP contribution >= 0.6 is 0 Å². The highest BCUT2D eigenvalue weighted by Gasteiger charge is 2.51. The molecule has 12 atom stereocenters. The van der Waals surface area contributed by atoms with E-state index in [9.17, 15) is 45.6 Å². The minimum absolute atomic E-state index is 0.196. The van der Waals surface area contributed by atoms with Crippen LogP contribution < -0.4 is 5.32 Å². The van der Waals surface area contributed by atoms with Crippen LogP contribution in [-0.4, -0.2) is 140 Å². The molecule has 2 fully saturated rings. The highest BCUT2D eigenvalue weighted by Crippen LogP contribution is 2.30. The maximum atomic E-state index is 13.4. The fraction of sp³-hybridized carbons (Fsp3) is 0.986. The topological polar surface area (TPSA) is 228 Å². The van der Waals surface area contributed by atoms with Crippen molar-refractivity contribution in [2.75, 3.05) is 19.8 Å². The second kappa shape index (κ2) is 56.9. The minimum Gasteiger partial charge on any atom is -0.394 e. The van der Waals surface area contributed by atoms with Gasteiger partial charge in [-0.25, -0.2) is 0 Å². The van der Waals surface area contributed by atoms with Gasteiger partial charge >= 0.3 is 0 Å². The van der Waals surface area contributed by atoms with Gasteiger partial charge in [0.25, 0.3) is 0 Å². The predicted octanol–water partition coefficient (Wildman–Crippen LogP) is 15.2. The van der Waals surface area contributed by atoms with Gasteiger partial charge in [-0.3, -0.25) is 4.79 Å². The van der Waals surface area contributed by atoms with E-state index in [0.29, 0.717) is 12.8 Å². The molecule has 85 heavy (non-hydrogen) atoms. The maximum absolute atomic E-state index is 13.4. The first-order chi connectivity index (χ1) is 41.6. The van der Waals surface area contributed by atoms with E-state index in [4.69, 9.17) is 18.9 Å². The van der Waals surface area contributed by atoms with Crippen molar-refractivity contribution in [2.24, 2.45) is 0 Å². The molecule has 2 aliphatic rings. The Morgan fingerprint density at radius 3 is 1.00 bits per heavy atom. The van der Waals surface area contributed by atoms with Crippen molar-refractivity contribution in [3.05, 3.63) is 0 Å². The summed E-state index contributed by atoms with van der Waals surface area (Å²) < 4.78 is 22.9. The summed E-state index contributed by atoms with van der Waals surface area (Å²) in [7, 11) is 0. The molecule has 14 heteroatoms. The Labute approximate surface area is 521 Å². The number of aliphatic hydroxyl groups excluding tert-OH is 8. The van der Waals surface area contributed by atoms with Gasteiger partial charge in [0.1, 0.15) is 48.8 Å². The molecule has 0 aliphatic carbocycles. The Morgan fingerprint density at radius 2 is 0.671 bits per heavy atom. The second-order valence-electron chi connectivity index (χ2n) is 26.4. The Bertz CT molecular complexity index is 1430. The summed E-state index contributed by atoms with van der Waals surface area (Å²) in [5, 5.41) is 87.6. The molecule has 2 rings (SSSR count). The molecule has 506 valence electrons. The van der Waals surface area contributed by atoms with Crippen LogP contribution in [0, 0.1) is 0 Å². The fourth-order valence-electron chi connectivity index (χ4n) is 12.7. The normalized spacial score (nSPS) is 23.4. The molecule has 1 amide bonds. The standard InChI is InChI=1S/C71H139NO13/c1-3-5-7-9-11-13-15-17-19-21-23-25-26-27-28-29-30-31-32-33-34-35-37-39-41-43-45-47-49-51-53-55-63(76)72-59(60(75)54-52-50-48-46-44-42-40-38-36-24-22-20-18-16-14-12-10-8-6-4-2)58-82-70-68(81)66(79)69(62(57-74)84-70)85-71-67(80)65(78)64(77)61(56-73)83-71/h59-62,64-71,73-75,77-81H,3-58H2,1-2H3,(H,72,76). The molecular weight excluding hydrogens is 1070 g/mol. The van der Waals surface area contributed by atoms with Gasteiger partial charge in [0, 0.05) is 6.42 Å². The van der Waals surface area contributed by atoms with E-state index in [1.165, 1.54) is 276 Å². The molecule has 12 unspecified atom stereocenters. The Balaban J connectivity index is 1.62. The van der Waals surface area contributed by atoms with Crippen molar-refractivity contribution in [1.82, 2.24) is 5.32 Å². The first kappa shape index (κ1) is 80.1. The lowest BCUT2D eigenvalue weighted by Gasteiger charge is -2.46. The van der Waals surface area contributed by atoms with Crippen LogP contribution in [0.15, 0.2) is 0 Å². The molecule has 0 aromatic heterocycles. The lowest BCUT2D eigenvalue weighted by atomic mass is 9.97. The van der Waals surface area contributed by atoms with Crippen molar-refractivity contribution in [3.8, 4) is 0 Å². The summed E-state index contributed by atoms with van der Waals surface area (Å²) in [4.78, 5) is 13.4. The van der Waals surface area contributed by atoms with Crippen LogP contribution in [0.5, 0.6) is 0 Å². The molecule has 9 N–H and O–H groups in total. The number of carbonyl (C=O) groups excluding carboxylic acids is 1. The van der Waals surface area contributed by atoms with E-state index >= 15 is 0 Å². The number of rotatable bonds is 62. The van der Waals surface area contributed by atoms with Crippen LogP contribution in [0.1, 0.15) is 354 Å². The van der Waals surface area contributed by atoms with Gasteiger partial charge in [0.05, 0.1) is 32.0 Å². The van der Waals surface area contributed by atoms with E-state index in [-0.39, 0.29) is 12.5 Å². The number of aliphatic hydroxyl groups is 8. The van der Waals surface area contributed by atoms with Gasteiger partial charge in [-0.05, 0) is 12.8 Å². The maximum Gasteiger partial charge on any atom is 0.220 e. The molecule has 0 radical (unpaired) electrons. The summed E-state index contributed by atoms with van der Waals surface area (Å²) >= 11 is 0. The van der Waals surface area contributed by atoms with E-state index in [1.54, 1.807) is 0 Å². The van der Waals surface area contributed by atoms with Gasteiger partial charge in [-0.15, -0.1) is 0 Å². The molecule has 2 saturated heterocycles. The largest absolute Gasteiger partial charge is 0.394 e. The lowest BCUT2D eigenvalue weighted by molar-refractivity contribution is -0.359. The summed E-state index contributed by atoms with van der Waals surface area (Å²) in [5.74, 6) is -0.196. The smallest absolute Gasteiger partial charge is 0.220 e. The Morgan fingerprint density at radius 1 is 0.376 bits per heavy atom. The monoisotopic (exact) mass is 1210 g/mol. The quantitative estimate of drug-likeness (QED) is 0.0259. The summed E-state index contributed by atoms with van der Waals surface area (Å²) in [6, 6.07) is -0.824. The molecule has 14 nitrogen and oxygen atoms in total. The number of nitrogens with one attached hydrogen (secondary N) is 1. The fourth-order valence-corrected chi connectivity index (χ4v) is 12.7. The zero-order valence-corrected chi connectivity index (χ0v) is 55.1. The summed E-state index contributed by atoms with van der Waals surface area (Å²) in [5.41, 5.74) is 0. The van der Waals surface area contributed by atoms with Gasteiger partial charge in [0.2, 0.25) is 5.91 Å².